The number of aliphatic hydroxyl groups is 1. The number of benzene rings is 2. The molecule has 10 heteroatoms. The summed E-state index contributed by atoms with van der Waals surface area (Å²) in [5.74, 6) is -0.536. The maximum atomic E-state index is 12.2. The number of carbonyl (C=O) groups is 1. The highest BCUT2D eigenvalue weighted by atomic mass is 35.5. The Hall–Kier alpha value is -1.77. The molecule has 0 amide bonds. The van der Waals surface area contributed by atoms with Crippen molar-refractivity contribution in [3.8, 4) is 0 Å². The highest BCUT2D eigenvalue weighted by Crippen LogP contribution is 2.35. The number of nitrogens with one attached hydrogen (secondary N) is 3. The van der Waals surface area contributed by atoms with Gasteiger partial charge in [0.05, 0.1) is 39.8 Å². The molecule has 6 nitrogen and oxygen atoms in total. The minimum atomic E-state index is -0.536. The Bertz CT molecular complexity index is 925. The van der Waals surface area contributed by atoms with Gasteiger partial charge in [-0.3, -0.25) is 0 Å². The van der Waals surface area contributed by atoms with Gasteiger partial charge in [-0.05, 0) is 55.4 Å². The number of halogens is 3. The molecule has 2 aromatic rings. The Morgan fingerprint density at radius 2 is 1.79 bits per heavy atom. The fraction of sp³-hybridized carbons (Fsp3) is 0.263. The van der Waals surface area contributed by atoms with Crippen LogP contribution in [-0.2, 0) is 4.74 Å². The van der Waals surface area contributed by atoms with E-state index in [0.29, 0.717) is 45.1 Å². The van der Waals surface area contributed by atoms with E-state index < -0.39 is 5.97 Å². The summed E-state index contributed by atoms with van der Waals surface area (Å²) < 4.78 is 4.84. The van der Waals surface area contributed by atoms with Crippen LogP contribution in [0, 0.1) is 6.92 Å². The van der Waals surface area contributed by atoms with Crippen LogP contribution in [0.4, 0.5) is 17.1 Å². The molecule has 0 aromatic heterocycles. The van der Waals surface area contributed by atoms with Crippen molar-refractivity contribution in [3.63, 3.8) is 0 Å². The van der Waals surface area contributed by atoms with Crippen LogP contribution in [-0.4, -0.2) is 36.4 Å². The number of thiocarbonyl (C=S) groups is 1. The summed E-state index contributed by atoms with van der Waals surface area (Å²) in [6.45, 7) is 2.21. The minimum absolute atomic E-state index is 0.00172. The fourth-order valence-electron chi connectivity index (χ4n) is 2.48. The predicted octanol–water partition coefficient (Wildman–Crippen LogP) is 5.35. The number of methoxy groups -OCH3 is 1. The molecule has 0 saturated carbocycles. The average molecular weight is 477 g/mol. The molecule has 156 valence electrons. The van der Waals surface area contributed by atoms with Gasteiger partial charge < -0.3 is 25.8 Å². The van der Waals surface area contributed by atoms with Crippen LogP contribution in [0.25, 0.3) is 0 Å². The lowest BCUT2D eigenvalue weighted by atomic mass is 10.1. The smallest absolute Gasteiger partial charge is 0.340 e. The molecule has 0 aliphatic carbocycles. The molecule has 0 heterocycles. The van der Waals surface area contributed by atoms with Crippen LogP contribution < -0.4 is 16.0 Å². The van der Waals surface area contributed by atoms with E-state index in [-0.39, 0.29) is 17.3 Å². The Morgan fingerprint density at radius 3 is 2.45 bits per heavy atom. The fourth-order valence-corrected chi connectivity index (χ4v) is 3.32. The Balaban J connectivity index is 2.33. The zero-order valence-electron chi connectivity index (χ0n) is 15.7. The Kier molecular flexibility index (Phi) is 8.79. The van der Waals surface area contributed by atoms with Gasteiger partial charge in [0.2, 0.25) is 0 Å². The largest absolute Gasteiger partial charge is 0.465 e. The number of rotatable bonds is 7. The third-order valence-electron chi connectivity index (χ3n) is 4.00. The molecule has 0 radical (unpaired) electrons. The molecule has 4 N–H and O–H groups in total. The van der Waals surface area contributed by atoms with E-state index in [9.17, 15) is 4.79 Å². The molecule has 29 heavy (non-hydrogen) atoms. The van der Waals surface area contributed by atoms with Gasteiger partial charge in [0.25, 0.3) is 0 Å². The van der Waals surface area contributed by atoms with E-state index >= 15 is 0 Å². The summed E-state index contributed by atoms with van der Waals surface area (Å²) in [7, 11) is 1.29. The molecule has 0 atom stereocenters. The van der Waals surface area contributed by atoms with Crippen LogP contribution in [0.1, 0.15) is 22.3 Å². The van der Waals surface area contributed by atoms with Crippen LogP contribution in [0.5, 0.6) is 0 Å². The average Bonchev–Trinajstić information content (AvgIpc) is 2.70. The molecule has 2 aromatic carbocycles. The summed E-state index contributed by atoms with van der Waals surface area (Å²) in [4.78, 5) is 12.2. The third kappa shape index (κ3) is 5.87. The van der Waals surface area contributed by atoms with Gasteiger partial charge in [-0.1, -0.05) is 34.8 Å². The lowest BCUT2D eigenvalue weighted by Crippen LogP contribution is -2.22. The van der Waals surface area contributed by atoms with Gasteiger partial charge in [0.15, 0.2) is 5.11 Å². The van der Waals surface area contributed by atoms with Crippen molar-refractivity contribution in [2.24, 2.45) is 0 Å². The number of anilines is 3. The number of aliphatic hydroxyl groups excluding tert-OH is 1. The van der Waals surface area contributed by atoms with Crippen molar-refractivity contribution in [2.45, 2.75) is 13.3 Å². The molecule has 0 spiro atoms. The van der Waals surface area contributed by atoms with Gasteiger partial charge in [-0.15, -0.1) is 0 Å². The molecule has 0 saturated heterocycles. The lowest BCUT2D eigenvalue weighted by molar-refractivity contribution is 0.0602. The summed E-state index contributed by atoms with van der Waals surface area (Å²) >= 11 is 24.1. The van der Waals surface area contributed by atoms with Crippen molar-refractivity contribution in [3.05, 3.63) is 50.5 Å². The molecule has 0 unspecified atom stereocenters. The first-order chi connectivity index (χ1) is 13.8. The van der Waals surface area contributed by atoms with E-state index in [1.54, 1.807) is 31.2 Å². The summed E-state index contributed by atoms with van der Waals surface area (Å²) in [5.41, 5.74) is 2.38. The first-order valence-electron chi connectivity index (χ1n) is 8.58. The second-order valence-electron chi connectivity index (χ2n) is 5.95. The van der Waals surface area contributed by atoms with Crippen molar-refractivity contribution in [1.29, 1.82) is 0 Å². The maximum Gasteiger partial charge on any atom is 0.340 e. The highest BCUT2D eigenvalue weighted by molar-refractivity contribution is 7.80. The van der Waals surface area contributed by atoms with E-state index in [0.717, 1.165) is 5.56 Å². The molecular formula is C19H20Cl3N3O3S. The minimum Gasteiger partial charge on any atom is -0.465 e. The van der Waals surface area contributed by atoms with E-state index in [2.05, 4.69) is 16.0 Å². The zero-order chi connectivity index (χ0) is 21.6. The lowest BCUT2D eigenvalue weighted by Gasteiger charge is -2.19. The van der Waals surface area contributed by atoms with Crippen molar-refractivity contribution in [1.82, 2.24) is 0 Å². The standard InChI is InChI=1S/C19H20Cl3N3O3S/c1-10-12(20)6-7-14(15(10)22)24-19(29)25-17-13(21)5-4-11(18(27)28-2)16(17)23-8-3-9-26/h4-7,23,26H,3,8-9H2,1-2H3,(H2,24,25,29). The molecule has 0 aliphatic heterocycles. The molecular weight excluding hydrogens is 457 g/mol. The number of esters is 1. The van der Waals surface area contributed by atoms with Crippen LogP contribution >= 0.6 is 47.0 Å². The van der Waals surface area contributed by atoms with E-state index in [1.807, 2.05) is 0 Å². The normalized spacial score (nSPS) is 10.4. The number of ether oxygens (including phenoxy) is 1. The third-order valence-corrected chi connectivity index (χ3v) is 5.42. The van der Waals surface area contributed by atoms with E-state index in [1.165, 1.54) is 7.11 Å². The summed E-state index contributed by atoms with van der Waals surface area (Å²) in [6.07, 6.45) is 0.481. The molecule has 0 bridgehead atoms. The highest BCUT2D eigenvalue weighted by Gasteiger charge is 2.19. The Labute approximate surface area is 189 Å². The van der Waals surface area contributed by atoms with Crippen LogP contribution in [0.2, 0.25) is 15.1 Å². The second-order valence-corrected chi connectivity index (χ2v) is 7.55. The molecule has 0 aliphatic rings. The maximum absolute atomic E-state index is 12.2. The van der Waals surface area contributed by atoms with E-state index in [4.69, 9.17) is 56.9 Å². The summed E-state index contributed by atoms with van der Waals surface area (Å²) in [5, 5.41) is 19.7. The van der Waals surface area contributed by atoms with Crippen LogP contribution in [0.3, 0.4) is 0 Å². The summed E-state index contributed by atoms with van der Waals surface area (Å²) in [6, 6.07) is 6.53. The van der Waals surface area contributed by atoms with Gasteiger partial charge >= 0.3 is 5.97 Å². The predicted molar refractivity (Wildman–Crippen MR) is 124 cm³/mol. The second kappa shape index (κ2) is 10.8. The number of hydrogen-bond donors (Lipinski definition) is 4. The van der Waals surface area contributed by atoms with Crippen molar-refractivity contribution in [2.75, 3.05) is 36.2 Å². The van der Waals surface area contributed by atoms with Crippen LogP contribution in [0.15, 0.2) is 24.3 Å². The van der Waals surface area contributed by atoms with Gasteiger partial charge in [-0.25, -0.2) is 4.79 Å². The SMILES string of the molecule is COC(=O)c1ccc(Cl)c(NC(=S)Nc2ccc(Cl)c(C)c2Cl)c1NCCCO. The van der Waals surface area contributed by atoms with Crippen molar-refractivity contribution >= 4 is 75.2 Å². The molecule has 0 fully saturated rings. The number of carbonyl (C=O) groups excluding carboxylic acids is 1. The monoisotopic (exact) mass is 475 g/mol. The van der Waals surface area contributed by atoms with Crippen molar-refractivity contribution < 1.29 is 14.6 Å². The quantitative estimate of drug-likeness (QED) is 0.244. The Morgan fingerprint density at radius 1 is 1.10 bits per heavy atom. The van der Waals surface area contributed by atoms with Gasteiger partial charge in [0, 0.05) is 18.2 Å². The number of hydrogen-bond acceptors (Lipinski definition) is 5. The van der Waals surface area contributed by atoms with Gasteiger partial charge in [0.1, 0.15) is 0 Å². The topological polar surface area (TPSA) is 82.6 Å². The zero-order valence-corrected chi connectivity index (χ0v) is 18.8. The molecule has 2 rings (SSSR count). The first kappa shape index (κ1) is 23.5. The van der Waals surface area contributed by atoms with Gasteiger partial charge in [-0.2, -0.15) is 0 Å². The first-order valence-corrected chi connectivity index (χ1v) is 10.1.